The number of benzene rings is 1. The minimum atomic E-state index is 0.497. The molecule has 0 spiro atoms. The van der Waals surface area contributed by atoms with E-state index < -0.39 is 0 Å². The number of hydrogen-bond acceptors (Lipinski definition) is 4. The van der Waals surface area contributed by atoms with E-state index in [1.165, 1.54) is 0 Å². The number of anilines is 1. The number of para-hydroxylation sites is 1. The number of methoxy groups -OCH3 is 1. The first kappa shape index (κ1) is 14.7. The first-order chi connectivity index (χ1) is 9.63. The van der Waals surface area contributed by atoms with Crippen molar-refractivity contribution in [2.75, 3.05) is 26.1 Å². The molecule has 2 N–H and O–H groups in total. The summed E-state index contributed by atoms with van der Waals surface area (Å²) in [6.45, 7) is 6.51. The van der Waals surface area contributed by atoms with Gasteiger partial charge in [-0.1, -0.05) is 19.9 Å². The second-order valence-electron chi connectivity index (χ2n) is 5.24. The average Bonchev–Trinajstić information content (AvgIpc) is 2.74. The number of nitrogens with two attached hydrogens (primary N) is 1. The number of imidazole rings is 1. The molecule has 0 amide bonds. The SMILES string of the molecule is COc1cccc2c1nc(N)n2CCOCCC(C)C. The molecule has 0 unspecified atom stereocenters. The predicted molar refractivity (Wildman–Crippen MR) is 81.0 cm³/mol. The molecule has 0 fully saturated rings. The van der Waals surface area contributed by atoms with E-state index in [9.17, 15) is 0 Å². The standard InChI is InChI=1S/C15H23N3O2/c1-11(2)7-9-20-10-8-18-12-5-4-6-13(19-3)14(12)17-15(18)16/h4-6,11H,7-10H2,1-3H3,(H2,16,17). The molecule has 0 saturated carbocycles. The van der Waals surface area contributed by atoms with Crippen LogP contribution < -0.4 is 10.5 Å². The van der Waals surface area contributed by atoms with Gasteiger partial charge < -0.3 is 19.8 Å². The van der Waals surface area contributed by atoms with Crippen LogP contribution in [0.3, 0.4) is 0 Å². The minimum absolute atomic E-state index is 0.497. The molecule has 0 aliphatic carbocycles. The molecule has 20 heavy (non-hydrogen) atoms. The summed E-state index contributed by atoms with van der Waals surface area (Å²) < 4.78 is 12.9. The summed E-state index contributed by atoms with van der Waals surface area (Å²) in [7, 11) is 1.64. The van der Waals surface area contributed by atoms with Gasteiger partial charge in [-0.25, -0.2) is 4.98 Å². The van der Waals surface area contributed by atoms with Gasteiger partial charge in [0.05, 0.1) is 19.2 Å². The van der Waals surface area contributed by atoms with Crippen LogP contribution in [0.25, 0.3) is 11.0 Å². The van der Waals surface area contributed by atoms with Gasteiger partial charge in [-0.2, -0.15) is 0 Å². The number of nitrogen functional groups attached to an aromatic ring is 1. The molecule has 0 aliphatic rings. The van der Waals surface area contributed by atoms with E-state index in [4.69, 9.17) is 15.2 Å². The molecule has 5 heteroatoms. The van der Waals surface area contributed by atoms with Gasteiger partial charge in [-0.05, 0) is 24.5 Å². The highest BCUT2D eigenvalue weighted by Crippen LogP contribution is 2.26. The van der Waals surface area contributed by atoms with E-state index in [1.54, 1.807) is 7.11 Å². The van der Waals surface area contributed by atoms with Crippen molar-refractivity contribution in [3.8, 4) is 5.75 Å². The lowest BCUT2D eigenvalue weighted by Crippen LogP contribution is -2.10. The number of rotatable bonds is 7. The summed E-state index contributed by atoms with van der Waals surface area (Å²) in [5.74, 6) is 1.91. The normalized spacial score (nSPS) is 11.4. The topological polar surface area (TPSA) is 62.3 Å². The van der Waals surface area contributed by atoms with Crippen molar-refractivity contribution in [3.63, 3.8) is 0 Å². The molecule has 1 aromatic carbocycles. The Morgan fingerprint density at radius 2 is 2.10 bits per heavy atom. The monoisotopic (exact) mass is 277 g/mol. The maximum atomic E-state index is 5.98. The van der Waals surface area contributed by atoms with Gasteiger partial charge in [0.2, 0.25) is 5.95 Å². The Kier molecular flexibility index (Phi) is 4.84. The van der Waals surface area contributed by atoms with Crippen LogP contribution in [0.2, 0.25) is 0 Å². The van der Waals surface area contributed by atoms with Gasteiger partial charge in [0.1, 0.15) is 11.3 Å². The summed E-state index contributed by atoms with van der Waals surface area (Å²) in [5, 5.41) is 0. The van der Waals surface area contributed by atoms with Gasteiger partial charge in [0.25, 0.3) is 0 Å². The molecule has 0 atom stereocenters. The third kappa shape index (κ3) is 3.22. The van der Waals surface area contributed by atoms with E-state index >= 15 is 0 Å². The molecular weight excluding hydrogens is 254 g/mol. The molecule has 1 heterocycles. The van der Waals surface area contributed by atoms with Crippen molar-refractivity contribution in [1.82, 2.24) is 9.55 Å². The van der Waals surface area contributed by atoms with Crippen molar-refractivity contribution in [3.05, 3.63) is 18.2 Å². The second kappa shape index (κ2) is 6.61. The minimum Gasteiger partial charge on any atom is -0.494 e. The van der Waals surface area contributed by atoms with E-state index in [2.05, 4.69) is 18.8 Å². The molecule has 2 rings (SSSR count). The van der Waals surface area contributed by atoms with Crippen molar-refractivity contribution >= 4 is 17.0 Å². The molecule has 110 valence electrons. The van der Waals surface area contributed by atoms with Crippen molar-refractivity contribution in [1.29, 1.82) is 0 Å². The summed E-state index contributed by atoms with van der Waals surface area (Å²) in [5.41, 5.74) is 7.76. The predicted octanol–water partition coefficient (Wildman–Crippen LogP) is 2.69. The van der Waals surface area contributed by atoms with Gasteiger partial charge in [0, 0.05) is 13.2 Å². The first-order valence-electron chi connectivity index (χ1n) is 7.00. The zero-order chi connectivity index (χ0) is 14.5. The van der Waals surface area contributed by atoms with Crippen molar-refractivity contribution in [2.45, 2.75) is 26.8 Å². The van der Waals surface area contributed by atoms with Crippen LogP contribution in [0, 0.1) is 5.92 Å². The number of aromatic nitrogens is 2. The average molecular weight is 277 g/mol. The van der Waals surface area contributed by atoms with E-state index in [-0.39, 0.29) is 0 Å². The summed E-state index contributed by atoms with van der Waals surface area (Å²) in [6, 6.07) is 5.83. The Balaban J connectivity index is 2.05. The fourth-order valence-electron chi connectivity index (χ4n) is 2.12. The molecular formula is C15H23N3O2. The van der Waals surface area contributed by atoms with Gasteiger partial charge in [0.15, 0.2) is 0 Å². The van der Waals surface area contributed by atoms with E-state index in [1.807, 2.05) is 22.8 Å². The van der Waals surface area contributed by atoms with Crippen LogP contribution in [-0.2, 0) is 11.3 Å². The van der Waals surface area contributed by atoms with Gasteiger partial charge >= 0.3 is 0 Å². The molecule has 2 aromatic rings. The maximum absolute atomic E-state index is 5.98. The van der Waals surface area contributed by atoms with E-state index in [0.717, 1.165) is 29.8 Å². The fraction of sp³-hybridized carbons (Fsp3) is 0.533. The number of hydrogen-bond donors (Lipinski definition) is 1. The zero-order valence-corrected chi connectivity index (χ0v) is 12.4. The van der Waals surface area contributed by atoms with Gasteiger partial charge in [-0.3, -0.25) is 0 Å². The van der Waals surface area contributed by atoms with E-state index in [0.29, 0.717) is 25.0 Å². The van der Waals surface area contributed by atoms with Crippen LogP contribution in [-0.4, -0.2) is 29.9 Å². The lowest BCUT2D eigenvalue weighted by molar-refractivity contribution is 0.117. The summed E-state index contributed by atoms with van der Waals surface area (Å²) >= 11 is 0. The smallest absolute Gasteiger partial charge is 0.201 e. The lowest BCUT2D eigenvalue weighted by atomic mass is 10.1. The van der Waals surface area contributed by atoms with Crippen molar-refractivity contribution in [2.24, 2.45) is 5.92 Å². The molecule has 1 aromatic heterocycles. The van der Waals surface area contributed by atoms with Crippen molar-refractivity contribution < 1.29 is 9.47 Å². The zero-order valence-electron chi connectivity index (χ0n) is 12.4. The second-order valence-corrected chi connectivity index (χ2v) is 5.24. The number of ether oxygens (including phenoxy) is 2. The van der Waals surface area contributed by atoms with Crippen LogP contribution in [0.15, 0.2) is 18.2 Å². The Hall–Kier alpha value is -1.75. The molecule has 0 saturated heterocycles. The Morgan fingerprint density at radius 3 is 2.80 bits per heavy atom. The number of nitrogens with zero attached hydrogens (tertiary/aromatic N) is 2. The van der Waals surface area contributed by atoms with Crippen LogP contribution in [0.1, 0.15) is 20.3 Å². The molecule has 0 bridgehead atoms. The molecule has 5 nitrogen and oxygen atoms in total. The quantitative estimate of drug-likeness (QED) is 0.790. The fourth-order valence-corrected chi connectivity index (χ4v) is 2.12. The number of fused-ring (bicyclic) bond motifs is 1. The highest BCUT2D eigenvalue weighted by atomic mass is 16.5. The maximum Gasteiger partial charge on any atom is 0.201 e. The third-order valence-corrected chi connectivity index (χ3v) is 3.29. The molecule has 0 aliphatic heterocycles. The first-order valence-corrected chi connectivity index (χ1v) is 7.00. The van der Waals surface area contributed by atoms with Crippen LogP contribution >= 0.6 is 0 Å². The highest BCUT2D eigenvalue weighted by Gasteiger charge is 2.11. The summed E-state index contributed by atoms with van der Waals surface area (Å²) in [4.78, 5) is 4.37. The highest BCUT2D eigenvalue weighted by molar-refractivity contribution is 5.84. The van der Waals surface area contributed by atoms with Crippen LogP contribution in [0.5, 0.6) is 5.75 Å². The third-order valence-electron chi connectivity index (χ3n) is 3.29. The Morgan fingerprint density at radius 1 is 1.30 bits per heavy atom. The Labute approximate surface area is 119 Å². The van der Waals surface area contributed by atoms with Gasteiger partial charge in [-0.15, -0.1) is 0 Å². The van der Waals surface area contributed by atoms with Crippen LogP contribution in [0.4, 0.5) is 5.95 Å². The lowest BCUT2D eigenvalue weighted by Gasteiger charge is -2.09. The summed E-state index contributed by atoms with van der Waals surface area (Å²) in [6.07, 6.45) is 1.08. The Bertz CT molecular complexity index is 563. The largest absolute Gasteiger partial charge is 0.494 e. The molecule has 0 radical (unpaired) electrons.